The van der Waals surface area contributed by atoms with Crippen molar-refractivity contribution in [2.45, 2.75) is 25.9 Å². The third kappa shape index (κ3) is 2.37. The zero-order valence-corrected chi connectivity index (χ0v) is 8.98. The molecule has 2 aromatic carbocycles. The maximum atomic E-state index is 9.29. The van der Waals surface area contributed by atoms with Crippen LogP contribution in [0.25, 0.3) is 10.8 Å². The van der Waals surface area contributed by atoms with Gasteiger partial charge in [-0.15, -0.1) is 0 Å². The minimum Gasteiger partial charge on any atom is -0.393 e. The topological polar surface area (TPSA) is 20.2 Å². The second kappa shape index (κ2) is 4.45. The van der Waals surface area contributed by atoms with Gasteiger partial charge in [0.2, 0.25) is 0 Å². The Bertz CT molecular complexity index is 441. The zero-order valence-electron chi connectivity index (χ0n) is 8.98. The average Bonchev–Trinajstić information content (AvgIpc) is 2.26. The molecule has 15 heavy (non-hydrogen) atoms. The Morgan fingerprint density at radius 2 is 1.80 bits per heavy atom. The van der Waals surface area contributed by atoms with Crippen molar-refractivity contribution in [3.05, 3.63) is 48.0 Å². The highest BCUT2D eigenvalue weighted by Crippen LogP contribution is 2.19. The highest BCUT2D eigenvalue weighted by Gasteiger charge is 2.01. The Kier molecular flexibility index (Phi) is 3.02. The molecule has 1 N–H and O–H groups in total. The number of aryl methyl sites for hydroxylation is 1. The molecule has 78 valence electrons. The van der Waals surface area contributed by atoms with Crippen molar-refractivity contribution >= 4 is 10.8 Å². The molecule has 0 aromatic heterocycles. The molecule has 0 amide bonds. The molecule has 1 nitrogen and oxygen atoms in total. The average molecular weight is 200 g/mol. The van der Waals surface area contributed by atoms with Crippen LogP contribution in [0.2, 0.25) is 0 Å². The van der Waals surface area contributed by atoms with E-state index in [1.807, 2.05) is 6.92 Å². The Morgan fingerprint density at radius 1 is 1.07 bits per heavy atom. The Morgan fingerprint density at radius 3 is 2.60 bits per heavy atom. The number of hydrogen-bond acceptors (Lipinski definition) is 1. The largest absolute Gasteiger partial charge is 0.393 e. The molecule has 0 fully saturated rings. The van der Waals surface area contributed by atoms with E-state index in [1.165, 1.54) is 16.3 Å². The molecule has 0 saturated carbocycles. The van der Waals surface area contributed by atoms with E-state index >= 15 is 0 Å². The molecule has 0 saturated heterocycles. The lowest BCUT2D eigenvalue weighted by Gasteiger charge is -2.07. The van der Waals surface area contributed by atoms with E-state index < -0.39 is 0 Å². The highest BCUT2D eigenvalue weighted by molar-refractivity contribution is 5.85. The number of aliphatic hydroxyl groups is 1. The first-order chi connectivity index (χ1) is 7.27. The van der Waals surface area contributed by atoms with Crippen LogP contribution in [-0.2, 0) is 6.42 Å². The lowest BCUT2D eigenvalue weighted by atomic mass is 10.00. The van der Waals surface area contributed by atoms with Crippen LogP contribution in [0, 0.1) is 0 Å². The predicted molar refractivity (Wildman–Crippen MR) is 63.9 cm³/mol. The fourth-order valence-electron chi connectivity index (χ4n) is 1.87. The van der Waals surface area contributed by atoms with Gasteiger partial charge in [0, 0.05) is 0 Å². The quantitative estimate of drug-likeness (QED) is 0.807. The summed E-state index contributed by atoms with van der Waals surface area (Å²) in [5.41, 5.74) is 1.33. The number of benzene rings is 2. The van der Waals surface area contributed by atoms with Crippen LogP contribution in [0.1, 0.15) is 18.9 Å². The van der Waals surface area contributed by atoms with Gasteiger partial charge in [-0.2, -0.15) is 0 Å². The second-order valence-corrected chi connectivity index (χ2v) is 4.03. The number of fused-ring (bicyclic) bond motifs is 1. The lowest BCUT2D eigenvalue weighted by molar-refractivity contribution is 0.185. The summed E-state index contributed by atoms with van der Waals surface area (Å²) in [6.07, 6.45) is 1.55. The third-order valence-corrected chi connectivity index (χ3v) is 2.71. The lowest BCUT2D eigenvalue weighted by Crippen LogP contribution is -2.01. The van der Waals surface area contributed by atoms with Crippen LogP contribution >= 0.6 is 0 Å². The zero-order chi connectivity index (χ0) is 10.7. The van der Waals surface area contributed by atoms with Crippen molar-refractivity contribution in [1.29, 1.82) is 0 Å². The van der Waals surface area contributed by atoms with Gasteiger partial charge >= 0.3 is 0 Å². The van der Waals surface area contributed by atoms with E-state index in [4.69, 9.17) is 0 Å². The fourth-order valence-corrected chi connectivity index (χ4v) is 1.87. The molecule has 0 aliphatic carbocycles. The monoisotopic (exact) mass is 200 g/mol. The summed E-state index contributed by atoms with van der Waals surface area (Å²) < 4.78 is 0. The van der Waals surface area contributed by atoms with Gasteiger partial charge in [-0.25, -0.2) is 0 Å². The van der Waals surface area contributed by atoms with Crippen LogP contribution in [0.5, 0.6) is 0 Å². The molecule has 2 aromatic rings. The summed E-state index contributed by atoms with van der Waals surface area (Å²) in [6, 6.07) is 14.7. The van der Waals surface area contributed by atoms with Crippen molar-refractivity contribution in [2.75, 3.05) is 0 Å². The minimum absolute atomic E-state index is 0.219. The maximum Gasteiger partial charge on any atom is 0.0515 e. The van der Waals surface area contributed by atoms with Crippen LogP contribution in [0.3, 0.4) is 0 Å². The molecule has 0 aliphatic rings. The fraction of sp³-hybridized carbons (Fsp3) is 0.286. The minimum atomic E-state index is -0.219. The van der Waals surface area contributed by atoms with Crippen molar-refractivity contribution < 1.29 is 5.11 Å². The third-order valence-electron chi connectivity index (χ3n) is 2.71. The SMILES string of the molecule is C[C@@H](O)CCc1cccc2ccccc12. The summed E-state index contributed by atoms with van der Waals surface area (Å²) in [5, 5.41) is 11.9. The molecule has 1 heteroatoms. The van der Waals surface area contributed by atoms with E-state index in [1.54, 1.807) is 0 Å². The van der Waals surface area contributed by atoms with Crippen LogP contribution in [0.15, 0.2) is 42.5 Å². The number of rotatable bonds is 3. The predicted octanol–water partition coefficient (Wildman–Crippen LogP) is 3.15. The summed E-state index contributed by atoms with van der Waals surface area (Å²) in [6.45, 7) is 1.84. The first-order valence-electron chi connectivity index (χ1n) is 5.42. The van der Waals surface area contributed by atoms with Crippen LogP contribution in [-0.4, -0.2) is 11.2 Å². The van der Waals surface area contributed by atoms with Gasteiger partial charge < -0.3 is 5.11 Å². The molecule has 0 aliphatic heterocycles. The smallest absolute Gasteiger partial charge is 0.0515 e. The Labute approximate surface area is 90.4 Å². The maximum absolute atomic E-state index is 9.29. The van der Waals surface area contributed by atoms with Gasteiger partial charge in [0.05, 0.1) is 6.10 Å². The number of aliphatic hydroxyl groups excluding tert-OH is 1. The van der Waals surface area contributed by atoms with Crippen molar-refractivity contribution in [3.63, 3.8) is 0 Å². The Balaban J connectivity index is 2.34. The van der Waals surface area contributed by atoms with Crippen LogP contribution < -0.4 is 0 Å². The van der Waals surface area contributed by atoms with Gasteiger partial charge in [0.15, 0.2) is 0 Å². The molecular weight excluding hydrogens is 184 g/mol. The standard InChI is InChI=1S/C14H16O/c1-11(15)9-10-13-7-4-6-12-5-2-3-8-14(12)13/h2-8,11,15H,9-10H2,1H3/t11-/m1/s1. The van der Waals surface area contributed by atoms with E-state index in [-0.39, 0.29) is 6.10 Å². The summed E-state index contributed by atoms with van der Waals surface area (Å²) in [5.74, 6) is 0. The molecule has 0 unspecified atom stereocenters. The summed E-state index contributed by atoms with van der Waals surface area (Å²) >= 11 is 0. The molecule has 0 radical (unpaired) electrons. The summed E-state index contributed by atoms with van der Waals surface area (Å²) in [7, 11) is 0. The molecule has 0 spiro atoms. The van der Waals surface area contributed by atoms with Crippen molar-refractivity contribution in [1.82, 2.24) is 0 Å². The number of hydrogen-bond donors (Lipinski definition) is 1. The van der Waals surface area contributed by atoms with E-state index in [0.717, 1.165) is 12.8 Å². The first kappa shape index (κ1) is 10.2. The summed E-state index contributed by atoms with van der Waals surface area (Å²) in [4.78, 5) is 0. The highest BCUT2D eigenvalue weighted by atomic mass is 16.3. The first-order valence-corrected chi connectivity index (χ1v) is 5.42. The Hall–Kier alpha value is -1.34. The second-order valence-electron chi connectivity index (χ2n) is 4.03. The van der Waals surface area contributed by atoms with Gasteiger partial charge in [0.25, 0.3) is 0 Å². The van der Waals surface area contributed by atoms with Gasteiger partial charge in [-0.1, -0.05) is 42.5 Å². The molecule has 2 rings (SSSR count). The molecule has 1 atom stereocenters. The van der Waals surface area contributed by atoms with Gasteiger partial charge in [-0.3, -0.25) is 0 Å². The molecule has 0 bridgehead atoms. The van der Waals surface area contributed by atoms with E-state index in [0.29, 0.717) is 0 Å². The normalized spacial score (nSPS) is 12.9. The van der Waals surface area contributed by atoms with Crippen LogP contribution in [0.4, 0.5) is 0 Å². The van der Waals surface area contributed by atoms with Gasteiger partial charge in [-0.05, 0) is 36.1 Å². The molecular formula is C14H16O. The van der Waals surface area contributed by atoms with Crippen molar-refractivity contribution in [3.8, 4) is 0 Å². The molecule has 0 heterocycles. The van der Waals surface area contributed by atoms with E-state index in [9.17, 15) is 5.11 Å². The van der Waals surface area contributed by atoms with E-state index in [2.05, 4.69) is 42.5 Å². The van der Waals surface area contributed by atoms with Crippen molar-refractivity contribution in [2.24, 2.45) is 0 Å². The van der Waals surface area contributed by atoms with Gasteiger partial charge in [0.1, 0.15) is 0 Å².